The highest BCUT2D eigenvalue weighted by atomic mass is 16.8. The first-order valence-electron chi connectivity index (χ1n) is 9.01. The molecular formula is C21H24O6. The maximum atomic E-state index is 10.6. The summed E-state index contributed by atoms with van der Waals surface area (Å²) in [6, 6.07) is 13.7. The van der Waals surface area contributed by atoms with Crippen molar-refractivity contribution in [2.45, 2.75) is 43.5 Å². The average Bonchev–Trinajstić information content (AvgIpc) is 3.11. The van der Waals surface area contributed by atoms with Crippen LogP contribution in [0, 0.1) is 6.92 Å². The maximum Gasteiger partial charge on any atom is 0.187 e. The molecule has 5 atom stereocenters. The molecule has 2 bridgehead atoms. The smallest absolute Gasteiger partial charge is 0.187 e. The predicted molar refractivity (Wildman–Crippen MR) is 97.5 cm³/mol. The van der Waals surface area contributed by atoms with Crippen molar-refractivity contribution < 1.29 is 29.5 Å². The molecule has 0 saturated carbocycles. The van der Waals surface area contributed by atoms with Crippen molar-refractivity contribution in [1.82, 2.24) is 0 Å². The van der Waals surface area contributed by atoms with E-state index in [1.807, 2.05) is 49.4 Å². The number of hydrogen-bond donors (Lipinski definition) is 3. The van der Waals surface area contributed by atoms with Gasteiger partial charge in [-0.25, -0.2) is 0 Å². The molecule has 2 aromatic rings. The molecule has 2 aliphatic rings. The molecule has 3 N–H and O–H groups in total. The molecule has 0 spiro atoms. The second-order valence-electron chi connectivity index (χ2n) is 7.28. The van der Waals surface area contributed by atoms with Gasteiger partial charge in [-0.05, 0) is 47.7 Å². The lowest BCUT2D eigenvalue weighted by Gasteiger charge is -2.41. The Morgan fingerprint density at radius 3 is 2.52 bits per heavy atom. The molecule has 0 aromatic heterocycles. The number of methoxy groups -OCH3 is 1. The van der Waals surface area contributed by atoms with Crippen LogP contribution in [0.5, 0.6) is 5.75 Å². The standard InChI is InChI=1S/C21H24O6/c1-12-3-6-15(10-14(12)9-13-4-7-16(25-2)8-5-13)21-11-26-20(27-21)18(23)17(22)19(21)24/h3-8,10,17-20,22-24H,9,11H2,1-2H3. The minimum absolute atomic E-state index is 0.0813. The van der Waals surface area contributed by atoms with Crippen molar-refractivity contribution in [3.05, 3.63) is 64.7 Å². The first-order valence-corrected chi connectivity index (χ1v) is 9.01. The Morgan fingerprint density at radius 1 is 1.07 bits per heavy atom. The van der Waals surface area contributed by atoms with Gasteiger partial charge in [-0.15, -0.1) is 0 Å². The molecule has 4 rings (SSSR count). The van der Waals surface area contributed by atoms with Gasteiger partial charge in [0.1, 0.15) is 29.7 Å². The first kappa shape index (κ1) is 18.4. The summed E-state index contributed by atoms with van der Waals surface area (Å²) in [6.07, 6.45) is -4.08. The molecule has 0 radical (unpaired) electrons. The number of benzene rings is 2. The van der Waals surface area contributed by atoms with Gasteiger partial charge in [0.05, 0.1) is 13.7 Å². The third-order valence-electron chi connectivity index (χ3n) is 5.61. The molecule has 2 aromatic carbocycles. The zero-order chi connectivity index (χ0) is 19.2. The Kier molecular flexibility index (Phi) is 4.70. The molecular weight excluding hydrogens is 348 g/mol. The highest BCUT2D eigenvalue weighted by Crippen LogP contribution is 2.44. The second kappa shape index (κ2) is 6.89. The summed E-state index contributed by atoms with van der Waals surface area (Å²) >= 11 is 0. The number of aryl methyl sites for hydroxylation is 1. The molecule has 5 unspecified atom stereocenters. The summed E-state index contributed by atoms with van der Waals surface area (Å²) in [6.45, 7) is 2.11. The van der Waals surface area contributed by atoms with E-state index in [1.165, 1.54) is 0 Å². The highest BCUT2D eigenvalue weighted by Gasteiger charge is 2.59. The Labute approximate surface area is 157 Å². The topological polar surface area (TPSA) is 88.4 Å². The fourth-order valence-corrected chi connectivity index (χ4v) is 3.84. The van der Waals surface area contributed by atoms with Crippen molar-refractivity contribution in [1.29, 1.82) is 0 Å². The Balaban J connectivity index is 1.66. The fourth-order valence-electron chi connectivity index (χ4n) is 3.84. The van der Waals surface area contributed by atoms with Crippen LogP contribution < -0.4 is 4.74 Å². The van der Waals surface area contributed by atoms with E-state index in [1.54, 1.807) is 7.11 Å². The third-order valence-corrected chi connectivity index (χ3v) is 5.61. The van der Waals surface area contributed by atoms with Crippen molar-refractivity contribution >= 4 is 0 Å². The molecule has 0 amide bonds. The Morgan fingerprint density at radius 2 is 1.81 bits per heavy atom. The molecule has 2 heterocycles. The summed E-state index contributed by atoms with van der Waals surface area (Å²) in [5, 5.41) is 30.8. The Bertz CT molecular complexity index is 820. The van der Waals surface area contributed by atoms with Gasteiger partial charge < -0.3 is 29.5 Å². The number of aliphatic hydroxyl groups excluding tert-OH is 3. The minimum atomic E-state index is -1.32. The third kappa shape index (κ3) is 3.03. The molecule has 2 aliphatic heterocycles. The SMILES string of the molecule is COc1ccc(Cc2cc(C34COC(O3)C(O)C(O)C4O)ccc2C)cc1. The van der Waals surface area contributed by atoms with Gasteiger partial charge in [0, 0.05) is 0 Å². The van der Waals surface area contributed by atoms with Crippen LogP contribution in [0.1, 0.15) is 22.3 Å². The van der Waals surface area contributed by atoms with Crippen LogP contribution in [-0.2, 0) is 21.5 Å². The summed E-state index contributed by atoms with van der Waals surface area (Å²) in [7, 11) is 1.64. The van der Waals surface area contributed by atoms with E-state index in [-0.39, 0.29) is 6.61 Å². The van der Waals surface area contributed by atoms with E-state index in [0.29, 0.717) is 6.42 Å². The molecule has 27 heavy (non-hydrogen) atoms. The summed E-state index contributed by atoms with van der Waals surface area (Å²) < 4.78 is 16.5. The highest BCUT2D eigenvalue weighted by molar-refractivity contribution is 5.40. The minimum Gasteiger partial charge on any atom is -0.497 e. The number of hydrogen-bond acceptors (Lipinski definition) is 6. The van der Waals surface area contributed by atoms with Gasteiger partial charge in [0.25, 0.3) is 0 Å². The van der Waals surface area contributed by atoms with E-state index >= 15 is 0 Å². The van der Waals surface area contributed by atoms with E-state index in [9.17, 15) is 15.3 Å². The lowest BCUT2D eigenvalue weighted by atomic mass is 9.81. The van der Waals surface area contributed by atoms with Crippen LogP contribution in [-0.4, -0.2) is 53.6 Å². The van der Waals surface area contributed by atoms with Gasteiger partial charge in [-0.1, -0.05) is 30.3 Å². The molecule has 6 heteroatoms. The lowest BCUT2D eigenvalue weighted by molar-refractivity contribution is -0.263. The van der Waals surface area contributed by atoms with Gasteiger partial charge in [-0.2, -0.15) is 0 Å². The number of fused-ring (bicyclic) bond motifs is 2. The van der Waals surface area contributed by atoms with Gasteiger partial charge in [0.15, 0.2) is 6.29 Å². The van der Waals surface area contributed by atoms with Crippen LogP contribution in [0.2, 0.25) is 0 Å². The predicted octanol–water partition coefficient (Wildman–Crippen LogP) is 1.26. The maximum absolute atomic E-state index is 10.6. The van der Waals surface area contributed by atoms with Crippen molar-refractivity contribution in [2.24, 2.45) is 0 Å². The second-order valence-corrected chi connectivity index (χ2v) is 7.28. The summed E-state index contributed by atoms with van der Waals surface area (Å²) in [5.74, 6) is 0.809. The van der Waals surface area contributed by atoms with Gasteiger partial charge in [0.2, 0.25) is 0 Å². The summed E-state index contributed by atoms with van der Waals surface area (Å²) in [5.41, 5.74) is 2.90. The van der Waals surface area contributed by atoms with Crippen molar-refractivity contribution in [2.75, 3.05) is 13.7 Å². The zero-order valence-electron chi connectivity index (χ0n) is 15.3. The molecule has 2 saturated heterocycles. The number of ether oxygens (including phenoxy) is 3. The van der Waals surface area contributed by atoms with Crippen LogP contribution in [0.15, 0.2) is 42.5 Å². The largest absolute Gasteiger partial charge is 0.497 e. The normalized spacial score (nSPS) is 32.5. The molecule has 6 nitrogen and oxygen atoms in total. The van der Waals surface area contributed by atoms with E-state index < -0.39 is 30.2 Å². The monoisotopic (exact) mass is 372 g/mol. The number of aliphatic hydroxyl groups is 3. The van der Waals surface area contributed by atoms with Crippen molar-refractivity contribution in [3.8, 4) is 5.75 Å². The number of rotatable bonds is 4. The van der Waals surface area contributed by atoms with Crippen LogP contribution in [0.4, 0.5) is 0 Å². The van der Waals surface area contributed by atoms with E-state index in [4.69, 9.17) is 14.2 Å². The van der Waals surface area contributed by atoms with E-state index in [2.05, 4.69) is 0 Å². The van der Waals surface area contributed by atoms with Crippen LogP contribution in [0.3, 0.4) is 0 Å². The fraction of sp³-hybridized carbons (Fsp3) is 0.429. The van der Waals surface area contributed by atoms with E-state index in [0.717, 1.165) is 28.0 Å². The van der Waals surface area contributed by atoms with Crippen LogP contribution in [0.25, 0.3) is 0 Å². The van der Waals surface area contributed by atoms with Gasteiger partial charge in [-0.3, -0.25) is 0 Å². The van der Waals surface area contributed by atoms with Crippen LogP contribution >= 0.6 is 0 Å². The molecule has 144 valence electrons. The quantitative estimate of drug-likeness (QED) is 0.749. The zero-order valence-corrected chi connectivity index (χ0v) is 15.3. The molecule has 0 aliphatic carbocycles. The van der Waals surface area contributed by atoms with Crippen molar-refractivity contribution in [3.63, 3.8) is 0 Å². The van der Waals surface area contributed by atoms with Gasteiger partial charge >= 0.3 is 0 Å². The summed E-state index contributed by atoms with van der Waals surface area (Å²) in [4.78, 5) is 0. The Hall–Kier alpha value is -1.96. The molecule has 2 fully saturated rings. The average molecular weight is 372 g/mol. The first-order chi connectivity index (χ1) is 12.9. The lowest BCUT2D eigenvalue weighted by Crippen LogP contribution is -2.59.